The molecule has 1 rings (SSSR count). The fraction of sp³-hybridized carbons (Fsp3) is 0.636. The molecule has 0 spiro atoms. The molecule has 1 amide bonds. The summed E-state index contributed by atoms with van der Waals surface area (Å²) in [6.07, 6.45) is 3.03. The molecule has 0 bridgehead atoms. The highest BCUT2D eigenvalue weighted by molar-refractivity contribution is 8.02. The molecular formula is C11H17NO3S. The molecule has 0 saturated heterocycles. The summed E-state index contributed by atoms with van der Waals surface area (Å²) in [5, 5.41) is 1.83. The van der Waals surface area contributed by atoms with Crippen molar-refractivity contribution in [2.75, 3.05) is 12.4 Å². The van der Waals surface area contributed by atoms with Crippen molar-refractivity contribution in [2.24, 2.45) is 0 Å². The molecular weight excluding hydrogens is 226 g/mol. The van der Waals surface area contributed by atoms with Gasteiger partial charge in [0.15, 0.2) is 0 Å². The number of carbonyl (C=O) groups excluding carboxylic acids is 2. The second-order valence-corrected chi connectivity index (χ2v) is 4.38. The minimum absolute atomic E-state index is 0.0344. The van der Waals surface area contributed by atoms with Crippen LogP contribution >= 0.6 is 11.8 Å². The van der Waals surface area contributed by atoms with Crippen LogP contribution in [0, 0.1) is 0 Å². The van der Waals surface area contributed by atoms with Crippen molar-refractivity contribution in [3.05, 3.63) is 11.6 Å². The Morgan fingerprint density at radius 1 is 1.62 bits per heavy atom. The normalized spacial score (nSPS) is 17.4. The summed E-state index contributed by atoms with van der Waals surface area (Å²) < 4.78 is 5.07. The van der Waals surface area contributed by atoms with Crippen LogP contribution in [0.1, 0.15) is 26.7 Å². The van der Waals surface area contributed by atoms with E-state index in [4.69, 9.17) is 4.74 Å². The summed E-state index contributed by atoms with van der Waals surface area (Å²) >= 11 is 1.44. The number of hydrogen-bond donors (Lipinski definition) is 0. The minimum Gasteiger partial charge on any atom is -0.464 e. The van der Waals surface area contributed by atoms with Gasteiger partial charge in [-0.3, -0.25) is 4.79 Å². The van der Waals surface area contributed by atoms with Gasteiger partial charge in [-0.1, -0.05) is 13.8 Å². The average molecular weight is 243 g/mol. The van der Waals surface area contributed by atoms with Crippen LogP contribution in [0.15, 0.2) is 11.6 Å². The zero-order valence-electron chi connectivity index (χ0n) is 9.64. The predicted octanol–water partition coefficient (Wildman–Crippen LogP) is 1.76. The van der Waals surface area contributed by atoms with Crippen LogP contribution in [-0.2, 0) is 14.3 Å². The van der Waals surface area contributed by atoms with E-state index in [1.807, 2.05) is 19.3 Å². The lowest BCUT2D eigenvalue weighted by molar-refractivity contribution is -0.152. The number of carbonyl (C=O) groups is 2. The average Bonchev–Trinajstić information content (AvgIpc) is 2.30. The van der Waals surface area contributed by atoms with E-state index in [-0.39, 0.29) is 11.9 Å². The first-order chi connectivity index (χ1) is 7.70. The zero-order chi connectivity index (χ0) is 12.0. The van der Waals surface area contributed by atoms with Gasteiger partial charge in [0.1, 0.15) is 6.04 Å². The summed E-state index contributed by atoms with van der Waals surface area (Å²) in [6, 6.07) is -0.476. The van der Waals surface area contributed by atoms with Crippen molar-refractivity contribution in [3.63, 3.8) is 0 Å². The third-order valence-electron chi connectivity index (χ3n) is 2.26. The van der Waals surface area contributed by atoms with Crippen LogP contribution in [-0.4, -0.2) is 35.2 Å². The molecule has 1 aliphatic rings. The van der Waals surface area contributed by atoms with Crippen molar-refractivity contribution in [1.29, 1.82) is 0 Å². The second-order valence-electron chi connectivity index (χ2n) is 3.49. The molecule has 0 saturated carbocycles. The third kappa shape index (κ3) is 3.27. The van der Waals surface area contributed by atoms with Gasteiger partial charge in [0.25, 0.3) is 0 Å². The van der Waals surface area contributed by atoms with Crippen LogP contribution in [0.4, 0.5) is 0 Å². The van der Waals surface area contributed by atoms with Gasteiger partial charge in [0, 0.05) is 6.20 Å². The predicted molar refractivity (Wildman–Crippen MR) is 63.8 cm³/mol. The molecule has 0 fully saturated rings. The van der Waals surface area contributed by atoms with Gasteiger partial charge in [-0.2, -0.15) is 0 Å². The number of thioether (sulfide) groups is 1. The van der Waals surface area contributed by atoms with E-state index >= 15 is 0 Å². The largest absolute Gasteiger partial charge is 0.464 e. The zero-order valence-corrected chi connectivity index (χ0v) is 10.5. The molecule has 0 radical (unpaired) electrons. The summed E-state index contributed by atoms with van der Waals surface area (Å²) in [6.45, 7) is 4.23. The molecule has 0 aromatic rings. The van der Waals surface area contributed by atoms with Crippen molar-refractivity contribution in [1.82, 2.24) is 4.90 Å². The first-order valence-electron chi connectivity index (χ1n) is 5.46. The summed E-state index contributed by atoms with van der Waals surface area (Å²) in [5.41, 5.74) is 0. The molecule has 1 unspecified atom stereocenters. The van der Waals surface area contributed by atoms with Gasteiger partial charge in [-0.15, -0.1) is 11.8 Å². The lowest BCUT2D eigenvalue weighted by Crippen LogP contribution is -2.44. The maximum atomic E-state index is 11.7. The Bertz CT molecular complexity index is 291. The minimum atomic E-state index is -0.476. The van der Waals surface area contributed by atoms with E-state index in [1.54, 1.807) is 6.20 Å². The fourth-order valence-electron chi connectivity index (χ4n) is 1.44. The van der Waals surface area contributed by atoms with Crippen LogP contribution in [0.5, 0.6) is 0 Å². The molecule has 5 heteroatoms. The van der Waals surface area contributed by atoms with Crippen molar-refractivity contribution >= 4 is 23.6 Å². The monoisotopic (exact) mass is 243 g/mol. The van der Waals surface area contributed by atoms with Gasteiger partial charge in [-0.25, -0.2) is 4.79 Å². The molecule has 0 aromatic heterocycles. The quantitative estimate of drug-likeness (QED) is 0.690. The van der Waals surface area contributed by atoms with Gasteiger partial charge in [-0.05, 0) is 18.2 Å². The summed E-state index contributed by atoms with van der Waals surface area (Å²) in [5.74, 6) is 0.0516. The summed E-state index contributed by atoms with van der Waals surface area (Å²) in [7, 11) is 0. The van der Waals surface area contributed by atoms with Crippen molar-refractivity contribution in [2.45, 2.75) is 32.7 Å². The van der Waals surface area contributed by atoms with E-state index in [9.17, 15) is 9.59 Å². The van der Waals surface area contributed by atoms with Gasteiger partial charge < -0.3 is 9.64 Å². The molecule has 16 heavy (non-hydrogen) atoms. The lowest BCUT2D eigenvalue weighted by Gasteiger charge is -2.28. The Hall–Kier alpha value is -0.970. The Kier molecular flexibility index (Phi) is 5.38. The Balaban J connectivity index is 2.65. The van der Waals surface area contributed by atoms with Crippen molar-refractivity contribution in [3.8, 4) is 0 Å². The van der Waals surface area contributed by atoms with E-state index in [1.165, 1.54) is 16.7 Å². The van der Waals surface area contributed by atoms with Crippen LogP contribution in [0.2, 0.25) is 0 Å². The van der Waals surface area contributed by atoms with E-state index in [0.717, 1.165) is 6.42 Å². The molecule has 0 N–H and O–H groups in total. The fourth-order valence-corrected chi connectivity index (χ4v) is 2.04. The molecule has 1 heterocycles. The first kappa shape index (κ1) is 13.1. The van der Waals surface area contributed by atoms with Gasteiger partial charge in [0.05, 0.1) is 12.4 Å². The first-order valence-corrected chi connectivity index (χ1v) is 6.51. The Morgan fingerprint density at radius 3 is 2.94 bits per heavy atom. The van der Waals surface area contributed by atoms with Crippen molar-refractivity contribution < 1.29 is 14.3 Å². The molecule has 1 aliphatic heterocycles. The van der Waals surface area contributed by atoms with Gasteiger partial charge in [0.2, 0.25) is 5.91 Å². The standard InChI is InChI=1S/C11H17NO3S/c1-3-6-15-11(14)9(4-2)12-5-7-16-8-10(12)13/h5,7,9H,3-4,6,8H2,1-2H3. The maximum absolute atomic E-state index is 11.7. The maximum Gasteiger partial charge on any atom is 0.329 e. The van der Waals surface area contributed by atoms with E-state index in [0.29, 0.717) is 18.8 Å². The molecule has 90 valence electrons. The number of ether oxygens (including phenoxy) is 1. The highest BCUT2D eigenvalue weighted by Gasteiger charge is 2.29. The SMILES string of the molecule is CCCOC(=O)C(CC)N1C=CSCC1=O. The van der Waals surface area contributed by atoms with E-state index < -0.39 is 6.04 Å². The number of hydrogen-bond acceptors (Lipinski definition) is 4. The number of esters is 1. The summed E-state index contributed by atoms with van der Waals surface area (Å²) in [4.78, 5) is 24.8. The second kappa shape index (κ2) is 6.58. The lowest BCUT2D eigenvalue weighted by atomic mass is 10.2. The Morgan fingerprint density at radius 2 is 2.38 bits per heavy atom. The smallest absolute Gasteiger partial charge is 0.329 e. The molecule has 1 atom stereocenters. The van der Waals surface area contributed by atoms with Crippen LogP contribution in [0.25, 0.3) is 0 Å². The highest BCUT2D eigenvalue weighted by Crippen LogP contribution is 2.17. The number of nitrogens with zero attached hydrogens (tertiary/aromatic N) is 1. The third-order valence-corrected chi connectivity index (χ3v) is 2.98. The van der Waals surface area contributed by atoms with Crippen LogP contribution < -0.4 is 0 Å². The van der Waals surface area contributed by atoms with Gasteiger partial charge >= 0.3 is 5.97 Å². The number of amides is 1. The van der Waals surface area contributed by atoms with E-state index in [2.05, 4.69) is 0 Å². The number of rotatable bonds is 5. The Labute approximate surface area is 100 Å². The topological polar surface area (TPSA) is 46.6 Å². The van der Waals surface area contributed by atoms with Crippen LogP contribution in [0.3, 0.4) is 0 Å². The highest BCUT2D eigenvalue weighted by atomic mass is 32.2. The molecule has 0 aliphatic carbocycles. The molecule has 0 aromatic carbocycles. The molecule has 4 nitrogen and oxygen atoms in total.